The monoisotopic (exact) mass is 526 g/mol. The molecule has 0 heterocycles. The molecule has 0 radical (unpaired) electrons. The molecule has 0 saturated carbocycles. The highest BCUT2D eigenvalue weighted by Gasteiger charge is 2.22. The van der Waals surface area contributed by atoms with Gasteiger partial charge in [0, 0.05) is 0 Å². The lowest BCUT2D eigenvalue weighted by atomic mass is 10.3. The molecule has 8 nitrogen and oxygen atoms in total. The van der Waals surface area contributed by atoms with E-state index < -0.39 is 19.7 Å². The summed E-state index contributed by atoms with van der Waals surface area (Å²) >= 11 is 0. The van der Waals surface area contributed by atoms with Gasteiger partial charge in [-0.05, 0) is 72.8 Å². The van der Waals surface area contributed by atoms with Crippen molar-refractivity contribution in [2.75, 3.05) is 13.2 Å². The standard InChI is InChI=1S/C26H22O8S2/c27-23-5-1-3-7-25(23)35(29,30)21-13-9-19(10-14-21)33-17-18-34-20-11-15-22(16-12-20)36(31,32)26-8-4-2-6-24(26)28/h1-16,27-28H,17-18H2. The highest BCUT2D eigenvalue weighted by Crippen LogP contribution is 2.30. The molecule has 4 aromatic rings. The van der Waals surface area contributed by atoms with Crippen molar-refractivity contribution < 1.29 is 36.5 Å². The lowest BCUT2D eigenvalue weighted by Crippen LogP contribution is -2.09. The van der Waals surface area contributed by atoms with E-state index in [1.165, 1.54) is 84.9 Å². The molecule has 0 aromatic heterocycles. The first-order chi connectivity index (χ1) is 17.2. The third-order valence-electron chi connectivity index (χ3n) is 5.20. The van der Waals surface area contributed by atoms with Crippen molar-refractivity contribution in [1.82, 2.24) is 0 Å². The number of sulfone groups is 2. The Morgan fingerprint density at radius 3 is 1.17 bits per heavy atom. The van der Waals surface area contributed by atoms with Crippen molar-refractivity contribution in [3.05, 3.63) is 97.1 Å². The number of ether oxygens (including phenoxy) is 2. The van der Waals surface area contributed by atoms with Gasteiger partial charge in [0.1, 0.15) is 46.0 Å². The topological polar surface area (TPSA) is 127 Å². The van der Waals surface area contributed by atoms with Crippen LogP contribution in [0.15, 0.2) is 117 Å². The van der Waals surface area contributed by atoms with E-state index in [9.17, 15) is 27.0 Å². The summed E-state index contributed by atoms with van der Waals surface area (Å²) in [5.74, 6) is 0.218. The number of benzene rings is 4. The highest BCUT2D eigenvalue weighted by atomic mass is 32.2. The fraction of sp³-hybridized carbons (Fsp3) is 0.0769. The number of phenols is 2. The zero-order chi connectivity index (χ0) is 25.8. The Morgan fingerprint density at radius 2 is 0.833 bits per heavy atom. The average molecular weight is 527 g/mol. The maximum Gasteiger partial charge on any atom is 0.210 e. The zero-order valence-electron chi connectivity index (χ0n) is 18.8. The first-order valence-corrected chi connectivity index (χ1v) is 13.7. The molecule has 0 saturated heterocycles. The third-order valence-corrected chi connectivity index (χ3v) is 8.83. The lowest BCUT2D eigenvalue weighted by molar-refractivity contribution is 0.217. The molecule has 0 aliphatic carbocycles. The first-order valence-electron chi connectivity index (χ1n) is 10.7. The minimum atomic E-state index is -3.87. The average Bonchev–Trinajstić information content (AvgIpc) is 2.87. The van der Waals surface area contributed by atoms with Gasteiger partial charge in [0.05, 0.1) is 9.79 Å². The van der Waals surface area contributed by atoms with E-state index in [2.05, 4.69) is 0 Å². The van der Waals surface area contributed by atoms with Gasteiger partial charge in [-0.3, -0.25) is 0 Å². The predicted octanol–water partition coefficient (Wildman–Crippen LogP) is 4.22. The Bertz CT molecular complexity index is 1440. The fourth-order valence-electron chi connectivity index (χ4n) is 3.37. The van der Waals surface area contributed by atoms with Crippen LogP contribution in [0.5, 0.6) is 23.0 Å². The van der Waals surface area contributed by atoms with Crippen LogP contribution in [0.3, 0.4) is 0 Å². The normalized spacial score (nSPS) is 11.7. The Hall–Kier alpha value is -4.02. The maximum absolute atomic E-state index is 12.7. The summed E-state index contributed by atoms with van der Waals surface area (Å²) in [6, 6.07) is 23.0. The number of para-hydroxylation sites is 2. The molecule has 0 amide bonds. The van der Waals surface area contributed by atoms with E-state index in [1.807, 2.05) is 0 Å². The second-order valence-electron chi connectivity index (χ2n) is 7.58. The Labute approximate surface area is 208 Å². The van der Waals surface area contributed by atoms with E-state index in [-0.39, 0.29) is 44.3 Å². The van der Waals surface area contributed by atoms with Crippen LogP contribution in [0.4, 0.5) is 0 Å². The van der Waals surface area contributed by atoms with Crippen LogP contribution in [-0.2, 0) is 19.7 Å². The number of hydrogen-bond acceptors (Lipinski definition) is 8. The van der Waals surface area contributed by atoms with Crippen LogP contribution in [0.25, 0.3) is 0 Å². The van der Waals surface area contributed by atoms with Crippen molar-refractivity contribution in [1.29, 1.82) is 0 Å². The molecule has 0 aliphatic heterocycles. The molecular weight excluding hydrogens is 504 g/mol. The molecule has 0 atom stereocenters. The smallest absolute Gasteiger partial charge is 0.210 e. The number of phenolic OH excluding ortho intramolecular Hbond substituents is 2. The summed E-state index contributed by atoms with van der Waals surface area (Å²) in [5.41, 5.74) is 0. The summed E-state index contributed by atoms with van der Waals surface area (Å²) < 4.78 is 61.9. The molecule has 0 fully saturated rings. The van der Waals surface area contributed by atoms with Crippen LogP contribution in [-0.4, -0.2) is 40.3 Å². The van der Waals surface area contributed by atoms with Gasteiger partial charge in [0.2, 0.25) is 19.7 Å². The van der Waals surface area contributed by atoms with E-state index in [4.69, 9.17) is 9.47 Å². The molecule has 4 aromatic carbocycles. The summed E-state index contributed by atoms with van der Waals surface area (Å²) in [6.07, 6.45) is 0. The highest BCUT2D eigenvalue weighted by molar-refractivity contribution is 7.92. The molecule has 0 bridgehead atoms. The van der Waals surface area contributed by atoms with Crippen molar-refractivity contribution in [2.24, 2.45) is 0 Å². The van der Waals surface area contributed by atoms with E-state index in [1.54, 1.807) is 12.1 Å². The molecule has 0 aliphatic rings. The van der Waals surface area contributed by atoms with Gasteiger partial charge in [-0.25, -0.2) is 16.8 Å². The van der Waals surface area contributed by atoms with Crippen molar-refractivity contribution >= 4 is 19.7 Å². The van der Waals surface area contributed by atoms with Crippen molar-refractivity contribution in [3.8, 4) is 23.0 Å². The van der Waals surface area contributed by atoms with Crippen LogP contribution in [0, 0.1) is 0 Å². The molecule has 4 rings (SSSR count). The molecule has 2 N–H and O–H groups in total. The minimum absolute atomic E-state index is 0.0199. The van der Waals surface area contributed by atoms with E-state index in [0.717, 1.165) is 0 Å². The van der Waals surface area contributed by atoms with Gasteiger partial charge in [-0.2, -0.15) is 0 Å². The van der Waals surface area contributed by atoms with Gasteiger partial charge < -0.3 is 19.7 Å². The SMILES string of the molecule is O=S(=O)(c1ccc(OCCOc2ccc(S(=O)(=O)c3ccccc3O)cc2)cc1)c1ccccc1O. The minimum Gasteiger partial charge on any atom is -0.507 e. The maximum atomic E-state index is 12.7. The molecule has 10 heteroatoms. The number of aromatic hydroxyl groups is 2. The number of rotatable bonds is 9. The van der Waals surface area contributed by atoms with Crippen LogP contribution < -0.4 is 9.47 Å². The molecule has 0 spiro atoms. The second-order valence-corrected chi connectivity index (χ2v) is 11.4. The summed E-state index contributed by atoms with van der Waals surface area (Å²) in [4.78, 5) is -0.309. The van der Waals surface area contributed by atoms with E-state index >= 15 is 0 Å². The summed E-state index contributed by atoms with van der Waals surface area (Å²) in [5, 5.41) is 19.7. The second kappa shape index (κ2) is 10.3. The Morgan fingerprint density at radius 1 is 0.500 bits per heavy atom. The Balaban J connectivity index is 1.32. The zero-order valence-corrected chi connectivity index (χ0v) is 20.4. The van der Waals surface area contributed by atoms with Crippen LogP contribution in [0.2, 0.25) is 0 Å². The fourth-order valence-corrected chi connectivity index (χ4v) is 6.07. The largest absolute Gasteiger partial charge is 0.507 e. The molecule has 0 unspecified atom stereocenters. The number of hydrogen-bond donors (Lipinski definition) is 2. The van der Waals surface area contributed by atoms with Crippen LogP contribution in [0.1, 0.15) is 0 Å². The molecule has 36 heavy (non-hydrogen) atoms. The predicted molar refractivity (Wildman–Crippen MR) is 131 cm³/mol. The first kappa shape index (κ1) is 25.1. The van der Waals surface area contributed by atoms with Gasteiger partial charge in [-0.15, -0.1) is 0 Å². The third kappa shape index (κ3) is 5.29. The summed E-state index contributed by atoms with van der Waals surface area (Å²) in [6.45, 7) is 0.313. The quantitative estimate of drug-likeness (QED) is 0.310. The lowest BCUT2D eigenvalue weighted by Gasteiger charge is -2.11. The van der Waals surface area contributed by atoms with Gasteiger partial charge in [-0.1, -0.05) is 24.3 Å². The van der Waals surface area contributed by atoms with Gasteiger partial charge in [0.25, 0.3) is 0 Å². The van der Waals surface area contributed by atoms with E-state index in [0.29, 0.717) is 11.5 Å². The van der Waals surface area contributed by atoms with Gasteiger partial charge >= 0.3 is 0 Å². The molecule has 186 valence electrons. The molecular formula is C26H22O8S2. The van der Waals surface area contributed by atoms with Crippen molar-refractivity contribution in [2.45, 2.75) is 19.6 Å². The van der Waals surface area contributed by atoms with Gasteiger partial charge in [0.15, 0.2) is 0 Å². The van der Waals surface area contributed by atoms with Crippen molar-refractivity contribution in [3.63, 3.8) is 0 Å². The Kier molecular flexibility index (Phi) is 7.18. The van der Waals surface area contributed by atoms with Crippen LogP contribution >= 0.6 is 0 Å². The summed E-state index contributed by atoms with van der Waals surface area (Å²) in [7, 11) is -7.74.